The Morgan fingerprint density at radius 2 is 2.07 bits per heavy atom. The highest BCUT2D eigenvalue weighted by atomic mass is 16.4. The number of hydrogen-bond acceptors (Lipinski definition) is 3. The summed E-state index contributed by atoms with van der Waals surface area (Å²) in [4.78, 5) is 4.52. The zero-order valence-corrected chi connectivity index (χ0v) is 9.41. The minimum atomic E-state index is 0.134. The van der Waals surface area contributed by atoms with Crippen molar-refractivity contribution in [1.29, 1.82) is 0 Å². The van der Waals surface area contributed by atoms with Crippen LogP contribution in [0, 0.1) is 12.3 Å². The SMILES string of the molecule is Cc1ccc2c(n1)CC(C)(C)C/C2=N/O. The first-order chi connectivity index (χ1) is 7.02. The number of fused-ring (bicyclic) bond motifs is 1. The second-order valence-electron chi connectivity index (χ2n) is 5.01. The Balaban J connectivity index is 2.54. The third-order valence-electron chi connectivity index (χ3n) is 2.84. The molecule has 0 amide bonds. The van der Waals surface area contributed by atoms with Crippen molar-refractivity contribution in [2.24, 2.45) is 10.6 Å². The van der Waals surface area contributed by atoms with Gasteiger partial charge in [-0.25, -0.2) is 0 Å². The van der Waals surface area contributed by atoms with Crippen LogP contribution in [0.1, 0.15) is 37.2 Å². The summed E-state index contributed by atoms with van der Waals surface area (Å²) < 4.78 is 0. The van der Waals surface area contributed by atoms with E-state index in [1.165, 1.54) is 0 Å². The van der Waals surface area contributed by atoms with Crippen LogP contribution in [-0.2, 0) is 6.42 Å². The number of aromatic nitrogens is 1. The van der Waals surface area contributed by atoms with Gasteiger partial charge in [-0.2, -0.15) is 0 Å². The molecule has 0 saturated heterocycles. The van der Waals surface area contributed by atoms with Crippen LogP contribution >= 0.6 is 0 Å². The molecule has 0 bridgehead atoms. The maximum absolute atomic E-state index is 9.00. The van der Waals surface area contributed by atoms with Crippen LogP contribution in [0.2, 0.25) is 0 Å². The Morgan fingerprint density at radius 3 is 2.73 bits per heavy atom. The van der Waals surface area contributed by atoms with Gasteiger partial charge in [0.25, 0.3) is 0 Å². The fraction of sp³-hybridized carbons (Fsp3) is 0.500. The standard InChI is InChI=1S/C12H16N2O/c1-8-4-5-9-10(13-8)6-12(2,3)7-11(9)14-15/h4-5,15H,6-7H2,1-3H3/b14-11-. The first-order valence-corrected chi connectivity index (χ1v) is 5.20. The predicted molar refractivity (Wildman–Crippen MR) is 59.4 cm³/mol. The third kappa shape index (κ3) is 1.87. The highest BCUT2D eigenvalue weighted by Gasteiger charge is 2.30. The highest BCUT2D eigenvalue weighted by Crippen LogP contribution is 2.34. The molecular weight excluding hydrogens is 188 g/mol. The van der Waals surface area contributed by atoms with E-state index >= 15 is 0 Å². The van der Waals surface area contributed by atoms with Gasteiger partial charge in [-0.1, -0.05) is 19.0 Å². The molecule has 0 atom stereocenters. The van der Waals surface area contributed by atoms with Gasteiger partial charge in [0.05, 0.1) is 11.4 Å². The summed E-state index contributed by atoms with van der Waals surface area (Å²) in [5.41, 5.74) is 3.97. The lowest BCUT2D eigenvalue weighted by Gasteiger charge is -2.30. The molecule has 1 aromatic rings. The molecule has 0 aromatic carbocycles. The third-order valence-corrected chi connectivity index (χ3v) is 2.84. The Hall–Kier alpha value is -1.38. The normalized spacial score (nSPS) is 21.4. The molecule has 0 unspecified atom stereocenters. The molecule has 0 aliphatic heterocycles. The van der Waals surface area contributed by atoms with Crippen molar-refractivity contribution in [2.75, 3.05) is 0 Å². The fourth-order valence-corrected chi connectivity index (χ4v) is 2.16. The van der Waals surface area contributed by atoms with E-state index in [1.807, 2.05) is 19.1 Å². The van der Waals surface area contributed by atoms with Crippen molar-refractivity contribution in [3.63, 3.8) is 0 Å². The van der Waals surface area contributed by atoms with E-state index in [9.17, 15) is 0 Å². The van der Waals surface area contributed by atoms with E-state index in [-0.39, 0.29) is 5.41 Å². The van der Waals surface area contributed by atoms with Gasteiger partial charge in [-0.3, -0.25) is 4.98 Å². The zero-order valence-electron chi connectivity index (χ0n) is 9.41. The molecule has 3 nitrogen and oxygen atoms in total. The average Bonchev–Trinajstić information content (AvgIpc) is 2.14. The Labute approximate surface area is 89.8 Å². The lowest BCUT2D eigenvalue weighted by molar-refractivity contribution is 0.305. The van der Waals surface area contributed by atoms with Crippen LogP contribution in [0.15, 0.2) is 17.3 Å². The summed E-state index contributed by atoms with van der Waals surface area (Å²) in [6.07, 6.45) is 1.75. The van der Waals surface area contributed by atoms with Gasteiger partial charge in [0.1, 0.15) is 0 Å². The minimum absolute atomic E-state index is 0.134. The van der Waals surface area contributed by atoms with Crippen molar-refractivity contribution in [2.45, 2.75) is 33.6 Å². The molecule has 3 heteroatoms. The van der Waals surface area contributed by atoms with Crippen LogP contribution < -0.4 is 0 Å². The monoisotopic (exact) mass is 204 g/mol. The second kappa shape index (κ2) is 3.33. The first-order valence-electron chi connectivity index (χ1n) is 5.20. The number of oxime groups is 1. The Kier molecular flexibility index (Phi) is 2.25. The second-order valence-corrected chi connectivity index (χ2v) is 5.01. The van der Waals surface area contributed by atoms with Gasteiger partial charge >= 0.3 is 0 Å². The molecule has 0 fully saturated rings. The molecule has 1 aliphatic carbocycles. The maximum Gasteiger partial charge on any atom is 0.0891 e. The van der Waals surface area contributed by atoms with Gasteiger partial charge in [0.15, 0.2) is 0 Å². The van der Waals surface area contributed by atoms with Crippen molar-refractivity contribution < 1.29 is 5.21 Å². The number of nitrogens with zero attached hydrogens (tertiary/aromatic N) is 2. The summed E-state index contributed by atoms with van der Waals surface area (Å²) in [6.45, 7) is 6.33. The van der Waals surface area contributed by atoms with Gasteiger partial charge in [-0.15, -0.1) is 0 Å². The smallest absolute Gasteiger partial charge is 0.0891 e. The molecule has 15 heavy (non-hydrogen) atoms. The van der Waals surface area contributed by atoms with E-state index in [0.717, 1.165) is 35.5 Å². The summed E-state index contributed by atoms with van der Waals surface area (Å²) >= 11 is 0. The van der Waals surface area contributed by atoms with Crippen LogP contribution in [0.4, 0.5) is 0 Å². The molecule has 1 aliphatic rings. The summed E-state index contributed by atoms with van der Waals surface area (Å²) in [5, 5.41) is 12.4. The first kappa shape index (κ1) is 10.1. The molecule has 0 saturated carbocycles. The quantitative estimate of drug-likeness (QED) is 0.521. The number of aryl methyl sites for hydroxylation is 1. The zero-order chi connectivity index (χ0) is 11.1. The highest BCUT2D eigenvalue weighted by molar-refractivity contribution is 6.02. The van der Waals surface area contributed by atoms with Crippen molar-refractivity contribution in [1.82, 2.24) is 4.98 Å². The summed E-state index contributed by atoms with van der Waals surface area (Å²) in [5.74, 6) is 0. The molecular formula is C12H16N2O. The number of pyridine rings is 1. The van der Waals surface area contributed by atoms with Gasteiger partial charge in [0, 0.05) is 11.3 Å². The number of rotatable bonds is 0. The van der Waals surface area contributed by atoms with Crippen molar-refractivity contribution >= 4 is 5.71 Å². The topological polar surface area (TPSA) is 45.5 Å². The molecule has 1 N–H and O–H groups in total. The predicted octanol–water partition coefficient (Wildman–Crippen LogP) is 2.54. The average molecular weight is 204 g/mol. The van der Waals surface area contributed by atoms with Crippen LogP contribution in [0.3, 0.4) is 0 Å². The van der Waals surface area contributed by atoms with Crippen molar-refractivity contribution in [3.05, 3.63) is 29.1 Å². The van der Waals surface area contributed by atoms with Crippen LogP contribution in [-0.4, -0.2) is 15.9 Å². The van der Waals surface area contributed by atoms with Gasteiger partial charge < -0.3 is 5.21 Å². The Morgan fingerprint density at radius 1 is 1.33 bits per heavy atom. The molecule has 80 valence electrons. The minimum Gasteiger partial charge on any atom is -0.411 e. The van der Waals surface area contributed by atoms with Gasteiger partial charge in [-0.05, 0) is 37.3 Å². The van der Waals surface area contributed by atoms with E-state index < -0.39 is 0 Å². The molecule has 1 heterocycles. The molecule has 2 rings (SSSR count). The van der Waals surface area contributed by atoms with Gasteiger partial charge in [0.2, 0.25) is 0 Å². The number of hydrogen-bond donors (Lipinski definition) is 1. The summed E-state index contributed by atoms with van der Waals surface area (Å²) in [6, 6.07) is 3.96. The molecule has 0 radical (unpaired) electrons. The maximum atomic E-state index is 9.00. The largest absolute Gasteiger partial charge is 0.411 e. The lowest BCUT2D eigenvalue weighted by atomic mass is 9.75. The van der Waals surface area contributed by atoms with E-state index in [2.05, 4.69) is 24.0 Å². The fourth-order valence-electron chi connectivity index (χ4n) is 2.16. The van der Waals surface area contributed by atoms with Crippen LogP contribution in [0.5, 0.6) is 0 Å². The van der Waals surface area contributed by atoms with E-state index in [4.69, 9.17) is 5.21 Å². The van der Waals surface area contributed by atoms with E-state index in [1.54, 1.807) is 0 Å². The lowest BCUT2D eigenvalue weighted by Crippen LogP contribution is -2.28. The molecule has 0 spiro atoms. The molecule has 1 aromatic heterocycles. The Bertz CT molecular complexity index is 422. The summed E-state index contributed by atoms with van der Waals surface area (Å²) in [7, 11) is 0. The van der Waals surface area contributed by atoms with E-state index in [0.29, 0.717) is 0 Å². The van der Waals surface area contributed by atoms with Crippen LogP contribution in [0.25, 0.3) is 0 Å². The van der Waals surface area contributed by atoms with Crippen molar-refractivity contribution in [3.8, 4) is 0 Å².